The number of rotatable bonds is 11. The van der Waals surface area contributed by atoms with E-state index in [9.17, 15) is 0 Å². The van der Waals surface area contributed by atoms with Crippen LogP contribution in [-0.2, 0) is 0 Å². The normalized spacial score (nSPS) is 11.5. The van der Waals surface area contributed by atoms with Gasteiger partial charge in [0.2, 0.25) is 0 Å². The number of hydrogen-bond donors (Lipinski definition) is 0. The molecule has 5 heterocycles. The third-order valence-corrected chi connectivity index (χ3v) is 16.8. The van der Waals surface area contributed by atoms with E-state index in [-0.39, 0.29) is 0 Å². The first-order valence-electron chi connectivity index (χ1n) is 28.4. The van der Waals surface area contributed by atoms with Crippen LogP contribution in [0.4, 0.5) is 0 Å². The van der Waals surface area contributed by atoms with Crippen molar-refractivity contribution in [1.29, 1.82) is 0 Å². The van der Waals surface area contributed by atoms with Crippen LogP contribution in [-0.4, -0.2) is 49.4 Å². The molecule has 16 rings (SSSR count). The van der Waals surface area contributed by atoms with Gasteiger partial charge >= 0.3 is 0 Å². The molecular weight excluding hydrogens is 1070 g/mol. The largest absolute Gasteiger partial charge is 0.308 e. The molecule has 0 unspecified atom stereocenters. The minimum atomic E-state index is 0.528. The maximum absolute atomic E-state index is 5.42. The highest BCUT2D eigenvalue weighted by atomic mass is 32.1. The second kappa shape index (κ2) is 21.3. The molecule has 5 aromatic heterocycles. The van der Waals surface area contributed by atoms with Gasteiger partial charge in [0.05, 0.1) is 16.7 Å². The molecule has 11 aromatic carbocycles. The van der Waals surface area contributed by atoms with Gasteiger partial charge in [0, 0.05) is 81.0 Å². The minimum absolute atomic E-state index is 0.528. The number of benzene rings is 11. The lowest BCUT2D eigenvalue weighted by atomic mass is 9.99. The number of nitrogens with zero attached hydrogens (tertiary/aromatic N) is 10. The van der Waals surface area contributed by atoms with Crippen molar-refractivity contribution in [3.63, 3.8) is 0 Å². The van der Waals surface area contributed by atoms with Gasteiger partial charge in [-0.1, -0.05) is 224 Å². The van der Waals surface area contributed by atoms with Gasteiger partial charge in [-0.3, -0.25) is 0 Å². The number of hydrogen-bond acceptors (Lipinski definition) is 10. The van der Waals surface area contributed by atoms with Gasteiger partial charge in [0.25, 0.3) is 0 Å². The van der Waals surface area contributed by atoms with Crippen LogP contribution in [0.2, 0.25) is 0 Å². The van der Waals surface area contributed by atoms with Crippen molar-refractivity contribution in [2.75, 3.05) is 0 Å². The van der Waals surface area contributed by atoms with Crippen molar-refractivity contribution in [3.8, 4) is 119 Å². The molecule has 0 aliphatic heterocycles. The quantitative estimate of drug-likeness (QED) is 0.125. The first kappa shape index (κ1) is 50.2. The molecule has 16 aromatic rings. The van der Waals surface area contributed by atoms with Gasteiger partial charge in [-0.2, -0.15) is 0 Å². The Morgan fingerprint density at radius 3 is 0.965 bits per heavy atom. The monoisotopic (exact) mass is 1120 g/mol. The maximum atomic E-state index is 5.42. The molecule has 402 valence electrons. The van der Waals surface area contributed by atoms with Crippen molar-refractivity contribution in [2.45, 2.75) is 0 Å². The highest BCUT2D eigenvalue weighted by Crippen LogP contribution is 2.44. The molecular formula is C75H46N10S. The fourth-order valence-corrected chi connectivity index (χ4v) is 12.7. The lowest BCUT2D eigenvalue weighted by molar-refractivity contribution is 1.06. The van der Waals surface area contributed by atoms with Crippen LogP contribution in [0.1, 0.15) is 0 Å². The Labute approximate surface area is 498 Å². The van der Waals surface area contributed by atoms with Crippen LogP contribution in [0.25, 0.3) is 161 Å². The first-order chi connectivity index (χ1) is 42.6. The predicted octanol–water partition coefficient (Wildman–Crippen LogP) is 18.4. The molecule has 0 saturated heterocycles. The molecule has 0 bridgehead atoms. The predicted molar refractivity (Wildman–Crippen MR) is 348 cm³/mol. The van der Waals surface area contributed by atoms with E-state index in [1.54, 1.807) is 0 Å². The minimum Gasteiger partial charge on any atom is -0.308 e. The van der Waals surface area contributed by atoms with E-state index in [4.69, 9.17) is 44.9 Å². The Kier molecular flexibility index (Phi) is 12.5. The van der Waals surface area contributed by atoms with E-state index in [1.807, 2.05) is 193 Å². The summed E-state index contributed by atoms with van der Waals surface area (Å²) in [6, 6.07) is 95.5. The van der Waals surface area contributed by atoms with Crippen molar-refractivity contribution in [2.24, 2.45) is 0 Å². The SMILES string of the molecule is c1ccc(-c2nc(-c3ccccc3)nc(-c3ccc4c(c3)c3cc(-c5nc(-c6ccccc6)nc(-c6ccccc6)n5)ccc3n4-c3ccc(-c4cccc5c4sc4ccccc45)cc3-c3nc(-c4ccccc4)nc(-c4ccccc4)n3)n2)cc1. The van der Waals surface area contributed by atoms with Crippen molar-refractivity contribution in [3.05, 3.63) is 279 Å². The summed E-state index contributed by atoms with van der Waals surface area (Å²) in [5.41, 5.74) is 12.7. The fraction of sp³-hybridized carbons (Fsp3) is 0. The van der Waals surface area contributed by atoms with Crippen LogP contribution < -0.4 is 0 Å². The lowest BCUT2D eigenvalue weighted by Gasteiger charge is -2.17. The zero-order valence-electron chi connectivity index (χ0n) is 45.9. The summed E-state index contributed by atoms with van der Waals surface area (Å²) in [6.45, 7) is 0. The van der Waals surface area contributed by atoms with Gasteiger partial charge in [0.15, 0.2) is 52.4 Å². The molecule has 0 atom stereocenters. The molecule has 0 aliphatic carbocycles. The molecule has 0 aliphatic rings. The van der Waals surface area contributed by atoms with E-state index in [2.05, 4.69) is 102 Å². The summed E-state index contributed by atoms with van der Waals surface area (Å²) in [5.74, 6) is 5.07. The van der Waals surface area contributed by atoms with Crippen LogP contribution in [0.3, 0.4) is 0 Å². The molecule has 0 spiro atoms. The Balaban J connectivity index is 0.973. The van der Waals surface area contributed by atoms with Crippen molar-refractivity contribution >= 4 is 53.3 Å². The Morgan fingerprint density at radius 1 is 0.221 bits per heavy atom. The van der Waals surface area contributed by atoms with Gasteiger partial charge in [-0.05, 0) is 65.7 Å². The number of thiophene rings is 1. The molecule has 0 amide bonds. The van der Waals surface area contributed by atoms with Crippen LogP contribution in [0, 0.1) is 0 Å². The van der Waals surface area contributed by atoms with E-state index >= 15 is 0 Å². The van der Waals surface area contributed by atoms with Gasteiger partial charge < -0.3 is 4.57 Å². The molecule has 11 heteroatoms. The topological polar surface area (TPSA) is 121 Å². The van der Waals surface area contributed by atoms with E-state index in [1.165, 1.54) is 20.2 Å². The lowest BCUT2D eigenvalue weighted by Crippen LogP contribution is -2.04. The summed E-state index contributed by atoms with van der Waals surface area (Å²) in [4.78, 5) is 46.9. The molecule has 0 radical (unpaired) electrons. The Bertz CT molecular complexity index is 4860. The Hall–Kier alpha value is -11.5. The third-order valence-electron chi connectivity index (χ3n) is 15.6. The maximum Gasteiger partial charge on any atom is 0.166 e. The smallest absolute Gasteiger partial charge is 0.166 e. The summed E-state index contributed by atoms with van der Waals surface area (Å²) >= 11 is 1.81. The van der Waals surface area contributed by atoms with Crippen molar-refractivity contribution < 1.29 is 0 Å². The molecule has 0 N–H and O–H groups in total. The third kappa shape index (κ3) is 9.21. The number of fused-ring (bicyclic) bond motifs is 6. The average Bonchev–Trinajstić information content (AvgIpc) is 2.66. The fourth-order valence-electron chi connectivity index (χ4n) is 11.4. The molecule has 0 saturated carbocycles. The van der Waals surface area contributed by atoms with Crippen LogP contribution in [0.15, 0.2) is 279 Å². The van der Waals surface area contributed by atoms with Crippen LogP contribution in [0.5, 0.6) is 0 Å². The van der Waals surface area contributed by atoms with E-state index < -0.39 is 0 Å². The molecule has 10 nitrogen and oxygen atoms in total. The molecule has 86 heavy (non-hydrogen) atoms. The van der Waals surface area contributed by atoms with E-state index in [0.717, 1.165) is 88.7 Å². The summed E-state index contributed by atoms with van der Waals surface area (Å²) < 4.78 is 4.79. The Morgan fingerprint density at radius 2 is 0.558 bits per heavy atom. The first-order valence-corrected chi connectivity index (χ1v) is 29.2. The zero-order chi connectivity index (χ0) is 56.9. The average molecular weight is 1120 g/mol. The van der Waals surface area contributed by atoms with Gasteiger partial charge in [-0.25, -0.2) is 44.9 Å². The summed E-state index contributed by atoms with van der Waals surface area (Å²) in [5, 5.41) is 4.37. The van der Waals surface area contributed by atoms with Crippen molar-refractivity contribution in [1.82, 2.24) is 49.4 Å². The highest BCUT2D eigenvalue weighted by Gasteiger charge is 2.24. The van der Waals surface area contributed by atoms with Gasteiger partial charge in [-0.15, -0.1) is 11.3 Å². The summed E-state index contributed by atoms with van der Waals surface area (Å²) in [7, 11) is 0. The highest BCUT2D eigenvalue weighted by molar-refractivity contribution is 7.26. The number of aromatic nitrogens is 10. The summed E-state index contributed by atoms with van der Waals surface area (Å²) in [6.07, 6.45) is 0. The second-order valence-electron chi connectivity index (χ2n) is 20.9. The van der Waals surface area contributed by atoms with E-state index in [0.29, 0.717) is 52.4 Å². The zero-order valence-corrected chi connectivity index (χ0v) is 46.8. The van der Waals surface area contributed by atoms with Gasteiger partial charge in [0.1, 0.15) is 0 Å². The second-order valence-corrected chi connectivity index (χ2v) is 22.0. The standard InChI is InChI=1S/C75H46N10S/c1-7-22-47(23-8-1)67-76-68(48-24-9-2-10-25-48)80-73(79-67)54-39-42-62-59(45-54)60-46-55(74-81-69(49-26-11-3-12-27-49)77-70(82-74)50-28-13-4-14-29-50)40-43-63(60)85(62)64-41-38-53(56-35-21-36-58-57-34-19-20-37-65(57)86-66(56)58)44-61(64)75-83-71(51-30-15-5-16-31-51)78-72(84-75)52-32-17-6-18-33-52/h1-46H. The molecule has 0 fully saturated rings. The van der Waals surface area contributed by atoms with Crippen LogP contribution >= 0.6 is 11.3 Å².